The Morgan fingerprint density at radius 2 is 0.578 bits per heavy atom. The van der Waals surface area contributed by atoms with E-state index >= 15 is 0 Å². The molecule has 3 nitrogen and oxygen atoms in total. The molecular formula is C105H62BN3. The molecule has 17 aromatic carbocycles. The molecule has 0 bridgehead atoms. The van der Waals surface area contributed by atoms with Crippen molar-refractivity contribution in [3.63, 3.8) is 0 Å². The molecule has 0 N–H and O–H groups in total. The van der Waals surface area contributed by atoms with E-state index in [-0.39, 0.29) is 6.71 Å². The first-order valence-corrected chi connectivity index (χ1v) is 38.4. The van der Waals surface area contributed by atoms with Gasteiger partial charge in [-0.1, -0.05) is 328 Å². The van der Waals surface area contributed by atoms with Crippen LogP contribution in [-0.2, 0) is 16.2 Å². The second kappa shape index (κ2) is 20.8. The minimum Gasteiger partial charge on any atom is -0.311 e. The second-order valence-corrected chi connectivity index (χ2v) is 31.0. The van der Waals surface area contributed by atoms with Crippen molar-refractivity contribution in [2.75, 3.05) is 9.80 Å². The first-order chi connectivity index (χ1) is 54.1. The molecule has 500 valence electrons. The smallest absolute Gasteiger partial charge is 0.252 e. The Labute approximate surface area is 631 Å². The van der Waals surface area contributed by atoms with Crippen LogP contribution >= 0.6 is 0 Å². The number of rotatable bonds is 4. The molecule has 0 fully saturated rings. The highest BCUT2D eigenvalue weighted by Crippen LogP contribution is 2.70. The molecule has 6 aliphatic carbocycles. The van der Waals surface area contributed by atoms with Gasteiger partial charge in [0.1, 0.15) is 0 Å². The van der Waals surface area contributed by atoms with Gasteiger partial charge in [-0.3, -0.25) is 0 Å². The molecule has 0 amide bonds. The number of hydrogen-bond donors (Lipinski definition) is 0. The Bertz CT molecular complexity index is 6950. The molecule has 8 aliphatic rings. The summed E-state index contributed by atoms with van der Waals surface area (Å²) in [6.07, 6.45) is 0. The molecule has 0 atom stereocenters. The van der Waals surface area contributed by atoms with Crippen LogP contribution in [0.1, 0.15) is 66.8 Å². The summed E-state index contributed by atoms with van der Waals surface area (Å²) in [7, 11) is 0. The maximum atomic E-state index is 2.80. The molecule has 4 heteroatoms. The lowest BCUT2D eigenvalue weighted by molar-refractivity contribution is 0.793. The molecule has 0 saturated carbocycles. The van der Waals surface area contributed by atoms with E-state index in [0.29, 0.717) is 0 Å². The standard InChI is InChI=1S/C105H62BN3/c1-2-28-63(29-3-1)64-56-58-92-89(60-64)106-101-96(108(92)94-55-26-41-76-72-36-10-21-48-85(72)104(99(76)94)81-44-17-6-32-68(81)69-33-7-18-45-82(69)104)61-65(107-90-52-24-13-38-74(90)75-39-14-25-53-91(75)107)62-97(101)109(93-54-27-51-88-98(93)78-40-12-23-50-87(78)103(88)79-42-15-4-30-66(79)67-31-5-16-43-80(67)103)95-59-57-77-73-37-11-22-49-86(73)105(100(77)102(95)106)83-46-19-8-34-70(83)71-35-9-20-47-84(71)105/h1-62H. The van der Waals surface area contributed by atoms with Crippen molar-refractivity contribution in [2.24, 2.45) is 0 Å². The van der Waals surface area contributed by atoms with Gasteiger partial charge in [0.2, 0.25) is 0 Å². The minimum atomic E-state index is -0.723. The van der Waals surface area contributed by atoms with E-state index < -0.39 is 16.2 Å². The normalized spacial score (nSPS) is 15.0. The SMILES string of the molecule is c1ccc(-c2ccc3c(c2)B2c4c(cc(-n5c6ccccc6c6ccccc65)cc4N3c3cccc4c3C3(c5ccccc5-c5ccccc53)c3ccccc3-4)N(c3cccc4c3-c3ccccc3C43c4ccccc4-c4ccccc43)c3ccc4c(c32)C2(c3ccccc3-c3ccccc32)c2ccccc2-4)cc1. The molecule has 0 unspecified atom stereocenters. The summed E-state index contributed by atoms with van der Waals surface area (Å²) in [4.78, 5) is 5.57. The third kappa shape index (κ3) is 6.88. The molecule has 3 spiro atoms. The maximum Gasteiger partial charge on any atom is 0.252 e. The quantitative estimate of drug-likeness (QED) is 0.163. The summed E-state index contributed by atoms with van der Waals surface area (Å²) in [6, 6.07) is 146. The zero-order valence-electron chi connectivity index (χ0n) is 59.2. The van der Waals surface area contributed by atoms with Gasteiger partial charge in [-0.2, -0.15) is 0 Å². The highest BCUT2D eigenvalue weighted by atomic mass is 15.2. The summed E-state index contributed by atoms with van der Waals surface area (Å²) in [6.45, 7) is -0.334. The Morgan fingerprint density at radius 3 is 1.09 bits per heavy atom. The van der Waals surface area contributed by atoms with Gasteiger partial charge in [-0.05, 0) is 198 Å². The number of benzene rings is 17. The first-order valence-electron chi connectivity index (χ1n) is 38.4. The summed E-state index contributed by atoms with van der Waals surface area (Å²) in [5, 5.41) is 2.44. The fourth-order valence-corrected chi connectivity index (χ4v) is 23.0. The van der Waals surface area contributed by atoms with Crippen LogP contribution in [0.3, 0.4) is 0 Å². The van der Waals surface area contributed by atoms with Gasteiger partial charge < -0.3 is 14.4 Å². The van der Waals surface area contributed by atoms with Crippen LogP contribution in [0.15, 0.2) is 376 Å². The molecule has 0 saturated heterocycles. The highest BCUT2D eigenvalue weighted by Gasteiger charge is 2.60. The van der Waals surface area contributed by atoms with Gasteiger partial charge in [-0.25, -0.2) is 0 Å². The average Bonchev–Trinajstić information content (AvgIpc) is 1.55. The molecule has 2 aliphatic heterocycles. The van der Waals surface area contributed by atoms with Gasteiger partial charge in [0.15, 0.2) is 0 Å². The number of nitrogens with zero attached hydrogens (tertiary/aromatic N) is 3. The van der Waals surface area contributed by atoms with Crippen LogP contribution in [-0.4, -0.2) is 11.3 Å². The topological polar surface area (TPSA) is 11.4 Å². The number of anilines is 6. The predicted octanol–water partition coefficient (Wildman–Crippen LogP) is 23.6. The van der Waals surface area contributed by atoms with Crippen molar-refractivity contribution in [2.45, 2.75) is 16.2 Å². The van der Waals surface area contributed by atoms with Crippen molar-refractivity contribution in [1.29, 1.82) is 0 Å². The predicted molar refractivity (Wildman–Crippen MR) is 449 cm³/mol. The number of hydrogen-bond acceptors (Lipinski definition) is 2. The summed E-state index contributed by atoms with van der Waals surface area (Å²) in [5.74, 6) is 0. The molecular weight excluding hydrogens is 1310 g/mol. The Kier molecular flexibility index (Phi) is 11.2. The van der Waals surface area contributed by atoms with Crippen molar-refractivity contribution >= 4 is 79.0 Å². The minimum absolute atomic E-state index is 0.334. The zero-order chi connectivity index (χ0) is 70.7. The van der Waals surface area contributed by atoms with E-state index in [1.165, 1.54) is 177 Å². The van der Waals surface area contributed by atoms with Gasteiger partial charge >= 0.3 is 0 Å². The number of fused-ring (bicyclic) bond motifs is 38. The van der Waals surface area contributed by atoms with Gasteiger partial charge in [-0.15, -0.1) is 0 Å². The lowest BCUT2D eigenvalue weighted by Crippen LogP contribution is -2.63. The fourth-order valence-electron chi connectivity index (χ4n) is 23.0. The van der Waals surface area contributed by atoms with Crippen LogP contribution < -0.4 is 26.2 Å². The van der Waals surface area contributed by atoms with Crippen LogP contribution in [0.2, 0.25) is 0 Å². The maximum absolute atomic E-state index is 2.80. The molecule has 0 radical (unpaired) electrons. The van der Waals surface area contributed by atoms with Crippen molar-refractivity contribution in [3.8, 4) is 83.6 Å². The largest absolute Gasteiger partial charge is 0.311 e. The van der Waals surface area contributed by atoms with Gasteiger partial charge in [0, 0.05) is 44.6 Å². The van der Waals surface area contributed by atoms with Gasteiger partial charge in [0.05, 0.1) is 44.3 Å². The van der Waals surface area contributed by atoms with E-state index in [9.17, 15) is 0 Å². The summed E-state index contributed by atoms with van der Waals surface area (Å²) >= 11 is 0. The zero-order valence-corrected chi connectivity index (χ0v) is 59.2. The van der Waals surface area contributed by atoms with Crippen LogP contribution in [0.25, 0.3) is 105 Å². The molecule has 26 rings (SSSR count). The van der Waals surface area contributed by atoms with Crippen LogP contribution in [0.4, 0.5) is 34.1 Å². The fraction of sp³-hybridized carbons (Fsp3) is 0.0286. The highest BCUT2D eigenvalue weighted by molar-refractivity contribution is 7.01. The first kappa shape index (κ1) is 58.5. The van der Waals surface area contributed by atoms with Gasteiger partial charge in [0.25, 0.3) is 6.71 Å². The lowest BCUT2D eigenvalue weighted by atomic mass is 9.32. The Morgan fingerprint density at radius 1 is 0.211 bits per heavy atom. The van der Waals surface area contributed by atoms with E-state index in [1.807, 2.05) is 0 Å². The van der Waals surface area contributed by atoms with E-state index in [4.69, 9.17) is 0 Å². The van der Waals surface area contributed by atoms with Crippen LogP contribution in [0, 0.1) is 0 Å². The summed E-state index contributed by atoms with van der Waals surface area (Å²) in [5.41, 5.74) is 45.6. The second-order valence-electron chi connectivity index (χ2n) is 31.0. The molecule has 18 aromatic rings. The number of para-hydroxylation sites is 2. The van der Waals surface area contributed by atoms with Crippen molar-refractivity contribution < 1.29 is 0 Å². The average molecular weight is 1380 g/mol. The molecule has 1 aromatic heterocycles. The van der Waals surface area contributed by atoms with Crippen LogP contribution in [0.5, 0.6) is 0 Å². The molecule has 109 heavy (non-hydrogen) atoms. The number of aromatic nitrogens is 1. The summed E-state index contributed by atoms with van der Waals surface area (Å²) < 4.78 is 2.58. The lowest BCUT2D eigenvalue weighted by Gasteiger charge is -2.47. The van der Waals surface area contributed by atoms with E-state index in [2.05, 4.69) is 390 Å². The Hall–Kier alpha value is -13.8. The monoisotopic (exact) mass is 1380 g/mol. The van der Waals surface area contributed by atoms with E-state index in [0.717, 1.165) is 45.2 Å². The third-order valence-electron chi connectivity index (χ3n) is 26.6. The van der Waals surface area contributed by atoms with E-state index in [1.54, 1.807) is 0 Å². The molecule has 3 heterocycles. The van der Waals surface area contributed by atoms with Crippen molar-refractivity contribution in [1.82, 2.24) is 4.57 Å². The Balaban J connectivity index is 0.870. The van der Waals surface area contributed by atoms with Crippen molar-refractivity contribution in [3.05, 3.63) is 443 Å². The third-order valence-corrected chi connectivity index (χ3v) is 26.6.